The van der Waals surface area contributed by atoms with Crippen LogP contribution in [0.2, 0.25) is 0 Å². The summed E-state index contributed by atoms with van der Waals surface area (Å²) in [5.41, 5.74) is 0. The van der Waals surface area contributed by atoms with E-state index in [2.05, 4.69) is 39.5 Å². The minimum absolute atomic E-state index is 0.690. The fourth-order valence-electron chi connectivity index (χ4n) is 1.33. The van der Waals surface area contributed by atoms with E-state index in [1.807, 2.05) is 0 Å². The van der Waals surface area contributed by atoms with Crippen LogP contribution < -0.4 is 0 Å². The Labute approximate surface area is 94.2 Å². The number of carbonyl (C=O) groups is 1. The van der Waals surface area contributed by atoms with Crippen molar-refractivity contribution in [3.63, 3.8) is 0 Å². The lowest BCUT2D eigenvalue weighted by molar-refractivity contribution is -0.192. The highest BCUT2D eigenvalue weighted by molar-refractivity contribution is 5.73. The molecule has 98 valence electrons. The average Bonchev–Trinajstić information content (AvgIpc) is 2.02. The first-order valence-electron chi connectivity index (χ1n) is 5.09. The normalized spacial score (nSPS) is 11.7. The fraction of sp³-hybridized carbons (Fsp3) is 0.900. The number of alkyl halides is 3. The van der Waals surface area contributed by atoms with E-state index in [-0.39, 0.29) is 0 Å². The van der Waals surface area contributed by atoms with Crippen LogP contribution in [0.5, 0.6) is 0 Å². The molecule has 0 saturated carbocycles. The SMILES string of the molecule is CCN(C(C)C)C(C)C.O=C(O)C(F)(F)F. The molecular formula is C10H20F3NO2. The second-order valence-corrected chi connectivity index (χ2v) is 3.82. The number of hydrogen-bond acceptors (Lipinski definition) is 2. The number of halogens is 3. The monoisotopic (exact) mass is 243 g/mol. The molecular weight excluding hydrogens is 223 g/mol. The number of nitrogens with zero attached hydrogens (tertiary/aromatic N) is 1. The summed E-state index contributed by atoms with van der Waals surface area (Å²) >= 11 is 0. The first-order valence-corrected chi connectivity index (χ1v) is 5.09. The van der Waals surface area contributed by atoms with Gasteiger partial charge in [0.15, 0.2) is 0 Å². The molecule has 0 aromatic heterocycles. The third kappa shape index (κ3) is 8.52. The van der Waals surface area contributed by atoms with Gasteiger partial charge in [-0.15, -0.1) is 0 Å². The van der Waals surface area contributed by atoms with Crippen LogP contribution in [0.3, 0.4) is 0 Å². The number of carboxylic acids is 1. The molecule has 0 rings (SSSR count). The van der Waals surface area contributed by atoms with Crippen molar-refractivity contribution in [1.29, 1.82) is 0 Å². The zero-order valence-corrected chi connectivity index (χ0v) is 10.3. The Bertz CT molecular complexity index is 195. The summed E-state index contributed by atoms with van der Waals surface area (Å²) in [7, 11) is 0. The highest BCUT2D eigenvalue weighted by Crippen LogP contribution is 2.13. The fourth-order valence-corrected chi connectivity index (χ4v) is 1.33. The standard InChI is InChI=1S/C8H19N.C2HF3O2/c1-6-9(7(2)3)8(4)5;3-2(4,5)1(6)7/h7-8H,6H2,1-5H3;(H,6,7). The van der Waals surface area contributed by atoms with E-state index in [1.54, 1.807) is 0 Å². The van der Waals surface area contributed by atoms with Crippen molar-refractivity contribution >= 4 is 5.97 Å². The Morgan fingerprint density at radius 3 is 1.44 bits per heavy atom. The van der Waals surface area contributed by atoms with Crippen LogP contribution in [0, 0.1) is 0 Å². The van der Waals surface area contributed by atoms with Crippen molar-refractivity contribution < 1.29 is 23.1 Å². The summed E-state index contributed by atoms with van der Waals surface area (Å²) in [5.74, 6) is -2.76. The first-order chi connectivity index (χ1) is 7.03. The lowest BCUT2D eigenvalue weighted by Crippen LogP contribution is -2.36. The maximum Gasteiger partial charge on any atom is 0.490 e. The smallest absolute Gasteiger partial charge is 0.475 e. The summed E-state index contributed by atoms with van der Waals surface area (Å²) in [4.78, 5) is 11.4. The minimum Gasteiger partial charge on any atom is -0.475 e. The Morgan fingerprint density at radius 1 is 1.19 bits per heavy atom. The van der Waals surface area contributed by atoms with Gasteiger partial charge in [0.2, 0.25) is 0 Å². The van der Waals surface area contributed by atoms with Gasteiger partial charge in [0.05, 0.1) is 0 Å². The predicted octanol–water partition coefficient (Wildman–Crippen LogP) is 2.76. The molecule has 0 aromatic carbocycles. The number of carboxylic acid groups (broad SMARTS) is 1. The van der Waals surface area contributed by atoms with Crippen molar-refractivity contribution in [3.05, 3.63) is 0 Å². The third-order valence-electron chi connectivity index (χ3n) is 1.93. The van der Waals surface area contributed by atoms with E-state index >= 15 is 0 Å². The molecule has 1 N–H and O–H groups in total. The average molecular weight is 243 g/mol. The Kier molecular flexibility index (Phi) is 8.24. The molecule has 0 aliphatic heterocycles. The summed E-state index contributed by atoms with van der Waals surface area (Å²) in [5, 5.41) is 7.12. The van der Waals surface area contributed by atoms with Gasteiger partial charge in [-0.2, -0.15) is 13.2 Å². The highest BCUT2D eigenvalue weighted by atomic mass is 19.4. The van der Waals surface area contributed by atoms with Crippen LogP contribution in [0.25, 0.3) is 0 Å². The summed E-state index contributed by atoms with van der Waals surface area (Å²) in [6.07, 6.45) is -5.08. The molecule has 0 unspecified atom stereocenters. The van der Waals surface area contributed by atoms with Gasteiger partial charge >= 0.3 is 12.1 Å². The van der Waals surface area contributed by atoms with Crippen LogP contribution in [0.15, 0.2) is 0 Å². The van der Waals surface area contributed by atoms with Gasteiger partial charge in [0.25, 0.3) is 0 Å². The maximum atomic E-state index is 10.6. The second-order valence-electron chi connectivity index (χ2n) is 3.82. The van der Waals surface area contributed by atoms with Crippen molar-refractivity contribution in [2.45, 2.75) is 52.9 Å². The zero-order valence-electron chi connectivity index (χ0n) is 10.3. The quantitative estimate of drug-likeness (QED) is 0.828. The largest absolute Gasteiger partial charge is 0.490 e. The molecule has 0 radical (unpaired) electrons. The van der Waals surface area contributed by atoms with Gasteiger partial charge in [-0.25, -0.2) is 4.79 Å². The van der Waals surface area contributed by atoms with E-state index in [0.29, 0.717) is 12.1 Å². The molecule has 3 nitrogen and oxygen atoms in total. The lowest BCUT2D eigenvalue weighted by atomic mass is 10.2. The van der Waals surface area contributed by atoms with Gasteiger partial charge in [-0.05, 0) is 34.2 Å². The van der Waals surface area contributed by atoms with Gasteiger partial charge < -0.3 is 5.11 Å². The van der Waals surface area contributed by atoms with Crippen molar-refractivity contribution in [2.24, 2.45) is 0 Å². The molecule has 0 aliphatic carbocycles. The molecule has 0 aromatic rings. The van der Waals surface area contributed by atoms with Gasteiger partial charge in [-0.1, -0.05) is 6.92 Å². The van der Waals surface area contributed by atoms with E-state index in [1.165, 1.54) is 0 Å². The van der Waals surface area contributed by atoms with Gasteiger partial charge in [-0.3, -0.25) is 4.90 Å². The number of aliphatic carboxylic acids is 1. The van der Waals surface area contributed by atoms with Crippen molar-refractivity contribution in [1.82, 2.24) is 4.90 Å². The van der Waals surface area contributed by atoms with E-state index in [4.69, 9.17) is 9.90 Å². The minimum atomic E-state index is -5.08. The van der Waals surface area contributed by atoms with Crippen LogP contribution in [0.1, 0.15) is 34.6 Å². The second kappa shape index (κ2) is 7.49. The van der Waals surface area contributed by atoms with Crippen molar-refractivity contribution in [3.8, 4) is 0 Å². The topological polar surface area (TPSA) is 40.5 Å². The Hall–Kier alpha value is -0.780. The molecule has 0 aliphatic rings. The van der Waals surface area contributed by atoms with Crippen LogP contribution in [-0.4, -0.2) is 40.8 Å². The van der Waals surface area contributed by atoms with E-state index in [9.17, 15) is 13.2 Å². The first kappa shape index (κ1) is 17.6. The molecule has 0 heterocycles. The summed E-state index contributed by atoms with van der Waals surface area (Å²) in [6, 6.07) is 1.38. The van der Waals surface area contributed by atoms with E-state index < -0.39 is 12.1 Å². The number of hydrogen-bond donors (Lipinski definition) is 1. The molecule has 0 spiro atoms. The Balaban J connectivity index is 0. The summed E-state index contributed by atoms with van der Waals surface area (Å²) < 4.78 is 31.7. The zero-order chi connectivity index (χ0) is 13.5. The van der Waals surface area contributed by atoms with Crippen LogP contribution in [-0.2, 0) is 4.79 Å². The van der Waals surface area contributed by atoms with Gasteiger partial charge in [0.1, 0.15) is 0 Å². The molecule has 6 heteroatoms. The molecule has 0 fully saturated rings. The lowest BCUT2D eigenvalue weighted by Gasteiger charge is -2.28. The van der Waals surface area contributed by atoms with Gasteiger partial charge in [0, 0.05) is 12.1 Å². The number of rotatable bonds is 3. The molecule has 0 atom stereocenters. The van der Waals surface area contributed by atoms with Crippen LogP contribution >= 0.6 is 0 Å². The molecule has 16 heavy (non-hydrogen) atoms. The Morgan fingerprint density at radius 2 is 1.44 bits per heavy atom. The molecule has 0 saturated heterocycles. The summed E-state index contributed by atoms with van der Waals surface area (Å²) in [6.45, 7) is 12.3. The third-order valence-corrected chi connectivity index (χ3v) is 1.93. The predicted molar refractivity (Wildman–Crippen MR) is 56.3 cm³/mol. The molecule has 0 bridgehead atoms. The molecule has 0 amide bonds. The maximum absolute atomic E-state index is 10.6. The van der Waals surface area contributed by atoms with Crippen LogP contribution in [0.4, 0.5) is 13.2 Å². The van der Waals surface area contributed by atoms with E-state index in [0.717, 1.165) is 6.54 Å². The highest BCUT2D eigenvalue weighted by Gasteiger charge is 2.38. The van der Waals surface area contributed by atoms with Crippen molar-refractivity contribution in [2.75, 3.05) is 6.54 Å².